The van der Waals surface area contributed by atoms with Crippen molar-refractivity contribution in [3.05, 3.63) is 58.8 Å². The molecule has 0 fully saturated rings. The van der Waals surface area contributed by atoms with Gasteiger partial charge in [0.05, 0.1) is 25.5 Å². The number of carbonyl (C=O) groups excluding carboxylic acids is 2. The predicted octanol–water partition coefficient (Wildman–Crippen LogP) is 3.81. The van der Waals surface area contributed by atoms with Crippen LogP contribution >= 0.6 is 0 Å². The topological polar surface area (TPSA) is 71.8 Å². The molecule has 1 heterocycles. The fraction of sp³-hybridized carbons (Fsp3) is 0.304. The maximum atomic E-state index is 12.7. The molecule has 0 saturated heterocycles. The van der Waals surface area contributed by atoms with Gasteiger partial charge in [-0.05, 0) is 60.7 Å². The summed E-state index contributed by atoms with van der Waals surface area (Å²) in [7, 11) is 4.90. The molecule has 2 amide bonds. The number of hydrogen-bond donors (Lipinski definition) is 1. The number of methoxy groups -OCH3 is 1. The summed E-state index contributed by atoms with van der Waals surface area (Å²) >= 11 is 0. The van der Waals surface area contributed by atoms with E-state index in [4.69, 9.17) is 9.15 Å². The van der Waals surface area contributed by atoms with Crippen molar-refractivity contribution in [2.24, 2.45) is 0 Å². The van der Waals surface area contributed by atoms with Crippen LogP contribution in [0.5, 0.6) is 5.75 Å². The standard InChI is InChI=1S/C23H24N2O4/c1-25(2)23(27)16-7-8-20(28-3)19(10-16)24-22(26)12-17-13-29-21-11-15-6-4-5-14(15)9-18(17)21/h7-11,13H,4-6,12H2,1-3H3,(H,24,26). The second-order valence-corrected chi connectivity index (χ2v) is 7.57. The van der Waals surface area contributed by atoms with Gasteiger partial charge in [-0.3, -0.25) is 9.59 Å². The molecule has 1 aliphatic rings. The molecule has 0 aliphatic heterocycles. The number of amides is 2. The summed E-state index contributed by atoms with van der Waals surface area (Å²) in [5, 5.41) is 3.86. The van der Waals surface area contributed by atoms with E-state index in [1.165, 1.54) is 29.6 Å². The molecule has 6 nitrogen and oxygen atoms in total. The Bertz CT molecular complexity index is 1100. The van der Waals surface area contributed by atoms with Crippen LogP contribution in [0, 0.1) is 0 Å². The van der Waals surface area contributed by atoms with Crippen LogP contribution in [0.3, 0.4) is 0 Å². The Hall–Kier alpha value is -3.28. The molecule has 29 heavy (non-hydrogen) atoms. The smallest absolute Gasteiger partial charge is 0.253 e. The Morgan fingerprint density at radius 1 is 1.14 bits per heavy atom. The van der Waals surface area contributed by atoms with Gasteiger partial charge in [-0.1, -0.05) is 0 Å². The molecule has 0 radical (unpaired) electrons. The molecule has 150 valence electrons. The molecule has 6 heteroatoms. The van der Waals surface area contributed by atoms with E-state index in [1.54, 1.807) is 38.6 Å². The highest BCUT2D eigenvalue weighted by Gasteiger charge is 2.18. The highest BCUT2D eigenvalue weighted by molar-refractivity contribution is 5.99. The number of carbonyl (C=O) groups is 2. The minimum absolute atomic E-state index is 0.141. The molecule has 0 saturated carbocycles. The third-order valence-electron chi connectivity index (χ3n) is 5.35. The number of aryl methyl sites for hydroxylation is 2. The molecule has 2 aromatic carbocycles. The Labute approximate surface area is 169 Å². The van der Waals surface area contributed by atoms with Gasteiger partial charge in [-0.2, -0.15) is 0 Å². The van der Waals surface area contributed by atoms with Gasteiger partial charge in [0.2, 0.25) is 5.91 Å². The third-order valence-corrected chi connectivity index (χ3v) is 5.35. The summed E-state index contributed by atoms with van der Waals surface area (Å²) in [6.45, 7) is 0. The van der Waals surface area contributed by atoms with Gasteiger partial charge in [0.25, 0.3) is 5.91 Å². The van der Waals surface area contributed by atoms with Crippen molar-refractivity contribution in [2.45, 2.75) is 25.7 Å². The van der Waals surface area contributed by atoms with E-state index in [0.29, 0.717) is 17.0 Å². The largest absolute Gasteiger partial charge is 0.495 e. The van der Waals surface area contributed by atoms with Gasteiger partial charge < -0.3 is 19.4 Å². The second-order valence-electron chi connectivity index (χ2n) is 7.57. The van der Waals surface area contributed by atoms with Crippen molar-refractivity contribution in [1.82, 2.24) is 4.90 Å². The lowest BCUT2D eigenvalue weighted by Crippen LogP contribution is -2.22. The Kier molecular flexibility index (Phi) is 5.01. The van der Waals surface area contributed by atoms with Crippen molar-refractivity contribution in [3.8, 4) is 5.75 Å². The van der Waals surface area contributed by atoms with Crippen LogP contribution in [0.2, 0.25) is 0 Å². The molecule has 4 rings (SSSR count). The van der Waals surface area contributed by atoms with Crippen molar-refractivity contribution in [1.29, 1.82) is 0 Å². The molecule has 1 aromatic heterocycles. The van der Waals surface area contributed by atoms with E-state index in [2.05, 4.69) is 17.4 Å². The normalized spacial score (nSPS) is 12.7. The van der Waals surface area contributed by atoms with Gasteiger partial charge in [-0.25, -0.2) is 0 Å². The number of hydrogen-bond acceptors (Lipinski definition) is 4. The number of fused-ring (bicyclic) bond motifs is 2. The first kappa shape index (κ1) is 19.1. The van der Waals surface area contributed by atoms with Gasteiger partial charge >= 0.3 is 0 Å². The van der Waals surface area contributed by atoms with Crippen LogP contribution in [-0.4, -0.2) is 37.9 Å². The molecule has 1 aliphatic carbocycles. The fourth-order valence-electron chi connectivity index (χ4n) is 3.85. The summed E-state index contributed by atoms with van der Waals surface area (Å²) < 4.78 is 11.0. The van der Waals surface area contributed by atoms with Crippen LogP contribution in [-0.2, 0) is 24.1 Å². The lowest BCUT2D eigenvalue weighted by Gasteiger charge is -2.14. The van der Waals surface area contributed by atoms with E-state index in [-0.39, 0.29) is 18.2 Å². The van der Waals surface area contributed by atoms with Crippen molar-refractivity contribution in [2.75, 3.05) is 26.5 Å². The van der Waals surface area contributed by atoms with E-state index in [9.17, 15) is 9.59 Å². The predicted molar refractivity (Wildman–Crippen MR) is 112 cm³/mol. The maximum absolute atomic E-state index is 12.7. The molecule has 1 N–H and O–H groups in total. The minimum atomic E-state index is -0.194. The van der Waals surface area contributed by atoms with Crippen LogP contribution in [0.1, 0.15) is 33.5 Å². The van der Waals surface area contributed by atoms with Crippen LogP contribution in [0.25, 0.3) is 11.0 Å². The first-order chi connectivity index (χ1) is 14.0. The van der Waals surface area contributed by atoms with Crippen molar-refractivity contribution < 1.29 is 18.7 Å². The summed E-state index contributed by atoms with van der Waals surface area (Å²) in [4.78, 5) is 26.5. The second kappa shape index (κ2) is 7.62. The molecular formula is C23H24N2O4. The van der Waals surface area contributed by atoms with Crippen LogP contribution < -0.4 is 10.1 Å². The number of nitrogens with one attached hydrogen (secondary N) is 1. The first-order valence-corrected chi connectivity index (χ1v) is 9.67. The molecule has 3 aromatic rings. The van der Waals surface area contributed by atoms with Crippen LogP contribution in [0.15, 0.2) is 41.0 Å². The van der Waals surface area contributed by atoms with Crippen molar-refractivity contribution >= 4 is 28.5 Å². The molecule has 0 bridgehead atoms. The summed E-state index contributed by atoms with van der Waals surface area (Å²) in [6.07, 6.45) is 5.17. The number of anilines is 1. The lowest BCUT2D eigenvalue weighted by atomic mass is 10.0. The highest BCUT2D eigenvalue weighted by Crippen LogP contribution is 2.31. The van der Waals surface area contributed by atoms with Gasteiger partial charge in [0, 0.05) is 30.6 Å². The summed E-state index contributed by atoms with van der Waals surface area (Å²) in [6, 6.07) is 9.25. The zero-order chi connectivity index (χ0) is 20.5. The van der Waals surface area contributed by atoms with E-state index < -0.39 is 0 Å². The van der Waals surface area contributed by atoms with Gasteiger partial charge in [0.1, 0.15) is 11.3 Å². The Morgan fingerprint density at radius 2 is 1.90 bits per heavy atom. The SMILES string of the molecule is COc1ccc(C(=O)N(C)C)cc1NC(=O)Cc1coc2cc3c(cc12)CCC3. The average molecular weight is 392 g/mol. The summed E-state index contributed by atoms with van der Waals surface area (Å²) in [5.41, 5.74) is 5.32. The van der Waals surface area contributed by atoms with Gasteiger partial charge in [-0.15, -0.1) is 0 Å². The van der Waals surface area contributed by atoms with E-state index in [0.717, 1.165) is 29.4 Å². The molecular weight excluding hydrogens is 368 g/mol. The number of nitrogens with zero attached hydrogens (tertiary/aromatic N) is 1. The fourth-order valence-corrected chi connectivity index (χ4v) is 3.85. The number of furan rings is 1. The monoisotopic (exact) mass is 392 g/mol. The Balaban J connectivity index is 1.56. The third kappa shape index (κ3) is 3.70. The van der Waals surface area contributed by atoms with E-state index in [1.807, 2.05) is 0 Å². The number of ether oxygens (including phenoxy) is 1. The maximum Gasteiger partial charge on any atom is 0.253 e. The lowest BCUT2D eigenvalue weighted by molar-refractivity contribution is -0.115. The summed E-state index contributed by atoms with van der Waals surface area (Å²) in [5.74, 6) is 0.169. The van der Waals surface area contributed by atoms with Crippen LogP contribution in [0.4, 0.5) is 5.69 Å². The number of rotatable bonds is 5. The van der Waals surface area contributed by atoms with Crippen molar-refractivity contribution in [3.63, 3.8) is 0 Å². The minimum Gasteiger partial charge on any atom is -0.495 e. The Morgan fingerprint density at radius 3 is 2.62 bits per heavy atom. The highest BCUT2D eigenvalue weighted by atomic mass is 16.5. The quantitative estimate of drug-likeness (QED) is 0.717. The zero-order valence-corrected chi connectivity index (χ0v) is 16.9. The first-order valence-electron chi connectivity index (χ1n) is 9.67. The average Bonchev–Trinajstić information content (AvgIpc) is 3.32. The molecule has 0 unspecified atom stereocenters. The molecule has 0 spiro atoms. The zero-order valence-electron chi connectivity index (χ0n) is 16.9. The molecule has 0 atom stereocenters. The van der Waals surface area contributed by atoms with Gasteiger partial charge in [0.15, 0.2) is 0 Å². The van der Waals surface area contributed by atoms with E-state index >= 15 is 0 Å². The number of benzene rings is 2.